The van der Waals surface area contributed by atoms with Gasteiger partial charge in [-0.25, -0.2) is 0 Å². The van der Waals surface area contributed by atoms with E-state index in [2.05, 4.69) is 326 Å². The van der Waals surface area contributed by atoms with Crippen LogP contribution in [0.2, 0.25) is 0 Å². The Morgan fingerprint density at radius 3 is 1.38 bits per heavy atom. The van der Waals surface area contributed by atoms with Crippen LogP contribution in [-0.4, -0.2) is 0 Å². The molecule has 0 N–H and O–H groups in total. The normalized spacial score (nSPS) is 12.3. The molecule has 374 valence electrons. The zero-order valence-corrected chi connectivity index (χ0v) is 44.0. The summed E-state index contributed by atoms with van der Waals surface area (Å²) in [6, 6.07) is 119. The summed E-state index contributed by atoms with van der Waals surface area (Å²) in [6.07, 6.45) is 0. The molecule has 1 aliphatic carbocycles. The number of hydrogen-bond acceptors (Lipinski definition) is 1. The Kier molecular flexibility index (Phi) is 11.5. The Labute approximate surface area is 467 Å². The molecular formula is C79H53N. The second kappa shape index (κ2) is 19.6. The number of benzene rings is 14. The number of rotatable bonds is 10. The van der Waals surface area contributed by atoms with E-state index in [0.29, 0.717) is 0 Å². The molecule has 0 spiro atoms. The Bertz CT molecular complexity index is 4560. The van der Waals surface area contributed by atoms with Crippen LogP contribution in [0.5, 0.6) is 0 Å². The minimum Gasteiger partial charge on any atom is -0.310 e. The Balaban J connectivity index is 0.928. The molecule has 0 aliphatic heterocycles. The highest BCUT2D eigenvalue weighted by atomic mass is 15.1. The quantitative estimate of drug-likeness (QED) is 0.123. The van der Waals surface area contributed by atoms with Gasteiger partial charge < -0.3 is 4.90 Å². The lowest BCUT2D eigenvalue weighted by atomic mass is 9.68. The van der Waals surface area contributed by atoms with Crippen LogP contribution in [0.3, 0.4) is 0 Å². The van der Waals surface area contributed by atoms with Crippen molar-refractivity contribution in [2.45, 2.75) is 5.41 Å². The van der Waals surface area contributed by atoms with Gasteiger partial charge in [-0.3, -0.25) is 0 Å². The number of nitrogens with zero attached hydrogens (tertiary/aromatic N) is 1. The predicted octanol–water partition coefficient (Wildman–Crippen LogP) is 21.3. The van der Waals surface area contributed by atoms with Crippen molar-refractivity contribution in [2.75, 3.05) is 4.90 Å². The average molecular weight is 1020 g/mol. The van der Waals surface area contributed by atoms with Crippen molar-refractivity contribution >= 4 is 49.4 Å². The largest absolute Gasteiger partial charge is 0.310 e. The van der Waals surface area contributed by atoms with E-state index in [0.717, 1.165) is 33.8 Å². The van der Waals surface area contributed by atoms with E-state index in [1.165, 1.54) is 105 Å². The van der Waals surface area contributed by atoms with Gasteiger partial charge in [0.15, 0.2) is 0 Å². The first-order valence-corrected chi connectivity index (χ1v) is 27.7. The molecule has 0 heterocycles. The van der Waals surface area contributed by atoms with Gasteiger partial charge in [-0.1, -0.05) is 285 Å². The van der Waals surface area contributed by atoms with E-state index in [9.17, 15) is 0 Å². The SMILES string of the molecule is c1ccc(-c2c(-c3ccccc3)c3cc(-c4ccccc4N(c4ccc(-c5ccc(-c6cccc7ccccc67)cc5)cc4)c4ccc5c(c4)-c4ccccc4C5(c4ccccc4)c4ccccc4)ccc3c3ccccc23)cc1. The molecule has 0 bridgehead atoms. The summed E-state index contributed by atoms with van der Waals surface area (Å²) in [6.45, 7) is 0. The number of hydrogen-bond donors (Lipinski definition) is 0. The molecule has 0 amide bonds. The van der Waals surface area contributed by atoms with Gasteiger partial charge in [0.05, 0.1) is 11.1 Å². The maximum atomic E-state index is 2.48. The molecule has 0 atom stereocenters. The van der Waals surface area contributed by atoms with E-state index in [-0.39, 0.29) is 0 Å². The summed E-state index contributed by atoms with van der Waals surface area (Å²) in [4.78, 5) is 2.48. The zero-order valence-electron chi connectivity index (χ0n) is 44.0. The van der Waals surface area contributed by atoms with Crippen LogP contribution < -0.4 is 4.90 Å². The van der Waals surface area contributed by atoms with Crippen LogP contribution >= 0.6 is 0 Å². The molecule has 1 heteroatoms. The van der Waals surface area contributed by atoms with Crippen LogP contribution in [0.4, 0.5) is 17.1 Å². The molecule has 0 fully saturated rings. The van der Waals surface area contributed by atoms with Crippen molar-refractivity contribution in [2.24, 2.45) is 0 Å². The molecule has 0 saturated heterocycles. The second-order valence-electron chi connectivity index (χ2n) is 21.0. The fourth-order valence-electron chi connectivity index (χ4n) is 13.2. The second-order valence-corrected chi connectivity index (χ2v) is 21.0. The Morgan fingerprint density at radius 2 is 0.688 bits per heavy atom. The maximum Gasteiger partial charge on any atom is 0.0713 e. The molecule has 14 aromatic rings. The van der Waals surface area contributed by atoms with Crippen molar-refractivity contribution in [3.63, 3.8) is 0 Å². The predicted molar refractivity (Wildman–Crippen MR) is 338 cm³/mol. The van der Waals surface area contributed by atoms with E-state index in [4.69, 9.17) is 0 Å². The molecule has 0 radical (unpaired) electrons. The summed E-state index contributed by atoms with van der Waals surface area (Å²) in [7, 11) is 0. The molecule has 1 nitrogen and oxygen atoms in total. The molecule has 15 rings (SSSR count). The van der Waals surface area contributed by atoms with Crippen LogP contribution in [0.1, 0.15) is 22.3 Å². The van der Waals surface area contributed by atoms with Crippen molar-refractivity contribution in [3.05, 3.63) is 344 Å². The van der Waals surface area contributed by atoms with E-state index >= 15 is 0 Å². The molecule has 1 aliphatic rings. The fourth-order valence-corrected chi connectivity index (χ4v) is 13.2. The number of anilines is 3. The van der Waals surface area contributed by atoms with Gasteiger partial charge in [0.1, 0.15) is 0 Å². The molecule has 0 unspecified atom stereocenters. The third-order valence-corrected chi connectivity index (χ3v) is 16.8. The molecule has 0 saturated carbocycles. The lowest BCUT2D eigenvalue weighted by Crippen LogP contribution is -2.28. The number of fused-ring (bicyclic) bond motifs is 7. The number of para-hydroxylation sites is 1. The lowest BCUT2D eigenvalue weighted by Gasteiger charge is -2.34. The van der Waals surface area contributed by atoms with Crippen LogP contribution in [0, 0.1) is 0 Å². The lowest BCUT2D eigenvalue weighted by molar-refractivity contribution is 0.768. The molecular weight excluding hydrogens is 963 g/mol. The summed E-state index contributed by atoms with van der Waals surface area (Å²) < 4.78 is 0. The van der Waals surface area contributed by atoms with Crippen molar-refractivity contribution in [1.82, 2.24) is 0 Å². The Morgan fingerprint density at radius 1 is 0.225 bits per heavy atom. The highest BCUT2D eigenvalue weighted by molar-refractivity contribution is 6.22. The third-order valence-electron chi connectivity index (χ3n) is 16.8. The first kappa shape index (κ1) is 46.9. The van der Waals surface area contributed by atoms with Gasteiger partial charge >= 0.3 is 0 Å². The maximum absolute atomic E-state index is 2.48. The van der Waals surface area contributed by atoms with Crippen molar-refractivity contribution in [3.8, 4) is 66.8 Å². The topological polar surface area (TPSA) is 3.24 Å². The van der Waals surface area contributed by atoms with Gasteiger partial charge in [0, 0.05) is 16.9 Å². The van der Waals surface area contributed by atoms with Crippen LogP contribution in [0.15, 0.2) is 322 Å². The summed E-state index contributed by atoms with van der Waals surface area (Å²) in [5, 5.41) is 7.45. The van der Waals surface area contributed by atoms with Gasteiger partial charge in [-0.05, 0) is 152 Å². The highest BCUT2D eigenvalue weighted by Gasteiger charge is 2.46. The highest BCUT2D eigenvalue weighted by Crippen LogP contribution is 2.58. The van der Waals surface area contributed by atoms with E-state index in [1.807, 2.05) is 0 Å². The Hall–Kier alpha value is -10.3. The summed E-state index contributed by atoms with van der Waals surface area (Å²) in [5.74, 6) is 0. The van der Waals surface area contributed by atoms with Gasteiger partial charge in [0.25, 0.3) is 0 Å². The van der Waals surface area contributed by atoms with Crippen LogP contribution in [0.25, 0.3) is 99.1 Å². The van der Waals surface area contributed by atoms with Crippen LogP contribution in [-0.2, 0) is 5.41 Å². The first-order chi connectivity index (χ1) is 39.7. The average Bonchev–Trinajstić information content (AvgIpc) is 3.95. The van der Waals surface area contributed by atoms with Gasteiger partial charge in [-0.2, -0.15) is 0 Å². The zero-order chi connectivity index (χ0) is 53.0. The minimum atomic E-state index is -0.509. The molecule has 80 heavy (non-hydrogen) atoms. The van der Waals surface area contributed by atoms with E-state index < -0.39 is 5.41 Å². The van der Waals surface area contributed by atoms with Crippen molar-refractivity contribution < 1.29 is 0 Å². The standard InChI is InChI=1S/C79H53N/c1-5-23-58(24-6-1)77-71-36-16-15-34-68(71)69-50-46-60(52-73(69)78(77)59-25-7-2-8-26-59)67-33-18-20-39-76(67)80(63-47-44-55(45-48-63)54-40-42-57(43-41-54)66-37-21-27-56-22-13-14-32-65(56)66)64-49-51-75-72(53-64)70-35-17-19-38-74(70)79(75,61-28-9-3-10-29-61)62-30-11-4-12-31-62/h1-53H. The molecule has 14 aromatic carbocycles. The minimum absolute atomic E-state index is 0.509. The molecule has 0 aromatic heterocycles. The summed E-state index contributed by atoms with van der Waals surface area (Å²) >= 11 is 0. The summed E-state index contributed by atoms with van der Waals surface area (Å²) in [5.41, 5.74) is 22.2. The third kappa shape index (κ3) is 7.70. The van der Waals surface area contributed by atoms with Gasteiger partial charge in [-0.15, -0.1) is 0 Å². The van der Waals surface area contributed by atoms with Gasteiger partial charge in [0.2, 0.25) is 0 Å². The fraction of sp³-hybridized carbons (Fsp3) is 0.0127. The van der Waals surface area contributed by atoms with E-state index in [1.54, 1.807) is 0 Å². The van der Waals surface area contributed by atoms with Crippen molar-refractivity contribution in [1.29, 1.82) is 0 Å². The monoisotopic (exact) mass is 1020 g/mol. The first-order valence-electron chi connectivity index (χ1n) is 27.7. The smallest absolute Gasteiger partial charge is 0.0713 e.